The summed E-state index contributed by atoms with van der Waals surface area (Å²) in [4.78, 5) is 15.3. The van der Waals surface area contributed by atoms with Crippen LogP contribution >= 0.6 is 0 Å². The number of aromatic nitrogens is 3. The van der Waals surface area contributed by atoms with Gasteiger partial charge in [0.1, 0.15) is 5.65 Å². The van der Waals surface area contributed by atoms with Gasteiger partial charge in [0.25, 0.3) is 5.56 Å². The molecule has 0 saturated heterocycles. The highest BCUT2D eigenvalue weighted by Gasteiger charge is 2.12. The van der Waals surface area contributed by atoms with E-state index in [1.807, 2.05) is 43.3 Å². The van der Waals surface area contributed by atoms with Crippen molar-refractivity contribution in [2.24, 2.45) is 0 Å². The minimum absolute atomic E-state index is 0.0715. The molecule has 0 unspecified atom stereocenters. The molecule has 1 aromatic carbocycles. The first kappa shape index (κ1) is 14.5. The maximum Gasteiger partial charge on any atom is 0.254 e. The molecule has 114 valence electrons. The van der Waals surface area contributed by atoms with Gasteiger partial charge in [-0.1, -0.05) is 32.0 Å². The molecule has 22 heavy (non-hydrogen) atoms. The Bertz CT molecular complexity index is 846. The van der Waals surface area contributed by atoms with E-state index in [4.69, 9.17) is 0 Å². The van der Waals surface area contributed by atoms with Crippen LogP contribution in [0, 0.1) is 6.92 Å². The van der Waals surface area contributed by atoms with E-state index in [9.17, 15) is 4.79 Å². The van der Waals surface area contributed by atoms with Crippen LogP contribution in [0.5, 0.6) is 0 Å². The predicted molar refractivity (Wildman–Crippen MR) is 88.4 cm³/mol. The van der Waals surface area contributed by atoms with Crippen molar-refractivity contribution < 1.29 is 0 Å². The molecule has 5 nitrogen and oxygen atoms in total. The van der Waals surface area contributed by atoms with Gasteiger partial charge in [-0.05, 0) is 25.1 Å². The summed E-state index contributed by atoms with van der Waals surface area (Å²) in [5, 5.41) is 8.82. The largest absolute Gasteiger partial charge is 0.310 e. The first-order valence-corrected chi connectivity index (χ1v) is 7.46. The number of para-hydroxylation sites is 1. The molecule has 0 amide bonds. The van der Waals surface area contributed by atoms with Gasteiger partial charge in [-0.2, -0.15) is 5.10 Å². The van der Waals surface area contributed by atoms with Crippen molar-refractivity contribution in [3.05, 3.63) is 58.0 Å². The van der Waals surface area contributed by atoms with E-state index in [0.29, 0.717) is 12.6 Å². The molecule has 0 fully saturated rings. The monoisotopic (exact) mass is 296 g/mol. The van der Waals surface area contributed by atoms with Crippen LogP contribution in [0.3, 0.4) is 0 Å². The summed E-state index contributed by atoms with van der Waals surface area (Å²) >= 11 is 0. The summed E-state index contributed by atoms with van der Waals surface area (Å²) in [6, 6.07) is 12.1. The van der Waals surface area contributed by atoms with E-state index in [1.54, 1.807) is 4.68 Å². The van der Waals surface area contributed by atoms with E-state index in [0.717, 1.165) is 28.0 Å². The zero-order valence-corrected chi connectivity index (χ0v) is 13.1. The van der Waals surface area contributed by atoms with E-state index in [-0.39, 0.29) is 5.56 Å². The fourth-order valence-electron chi connectivity index (χ4n) is 2.46. The summed E-state index contributed by atoms with van der Waals surface area (Å²) in [5.41, 5.74) is 3.24. The zero-order valence-electron chi connectivity index (χ0n) is 13.1. The highest BCUT2D eigenvalue weighted by atomic mass is 16.1. The van der Waals surface area contributed by atoms with Crippen molar-refractivity contribution in [2.45, 2.75) is 33.4 Å². The lowest BCUT2D eigenvalue weighted by atomic mass is 10.2. The molecule has 0 aliphatic heterocycles. The third-order valence-corrected chi connectivity index (χ3v) is 3.65. The minimum atomic E-state index is -0.0715. The summed E-state index contributed by atoms with van der Waals surface area (Å²) in [5.74, 6) is 0. The molecule has 0 aliphatic carbocycles. The Hall–Kier alpha value is -2.40. The van der Waals surface area contributed by atoms with Gasteiger partial charge in [0.05, 0.1) is 11.4 Å². The molecule has 0 atom stereocenters. The van der Waals surface area contributed by atoms with E-state index < -0.39 is 0 Å². The average molecular weight is 296 g/mol. The number of pyridine rings is 1. The number of fused-ring (bicyclic) bond motifs is 1. The molecule has 0 aliphatic rings. The van der Waals surface area contributed by atoms with Gasteiger partial charge in [0, 0.05) is 23.5 Å². The Morgan fingerprint density at radius 2 is 2.00 bits per heavy atom. The highest BCUT2D eigenvalue weighted by Crippen LogP contribution is 2.19. The molecule has 3 rings (SSSR count). The van der Waals surface area contributed by atoms with E-state index in [2.05, 4.69) is 29.2 Å². The van der Waals surface area contributed by atoms with Crippen LogP contribution < -0.4 is 10.9 Å². The van der Waals surface area contributed by atoms with Gasteiger partial charge in [-0.25, -0.2) is 4.68 Å². The Kier molecular flexibility index (Phi) is 3.81. The van der Waals surface area contributed by atoms with Crippen molar-refractivity contribution in [1.29, 1.82) is 0 Å². The topological polar surface area (TPSA) is 62.7 Å². The Morgan fingerprint density at radius 3 is 2.68 bits per heavy atom. The van der Waals surface area contributed by atoms with Crippen LogP contribution in [0.2, 0.25) is 0 Å². The van der Waals surface area contributed by atoms with E-state index >= 15 is 0 Å². The van der Waals surface area contributed by atoms with Crippen LogP contribution in [0.4, 0.5) is 0 Å². The fourth-order valence-corrected chi connectivity index (χ4v) is 2.46. The molecule has 5 heteroatoms. The number of nitrogens with one attached hydrogen (secondary N) is 2. The summed E-state index contributed by atoms with van der Waals surface area (Å²) < 4.78 is 1.78. The molecular weight excluding hydrogens is 276 g/mol. The molecule has 3 aromatic rings. The number of H-pyrrole nitrogens is 1. The van der Waals surface area contributed by atoms with Gasteiger partial charge in [0.15, 0.2) is 0 Å². The fraction of sp³-hybridized carbons (Fsp3) is 0.294. The van der Waals surface area contributed by atoms with Crippen molar-refractivity contribution in [2.75, 3.05) is 0 Å². The quantitative estimate of drug-likeness (QED) is 0.777. The Balaban J connectivity index is 2.12. The lowest BCUT2D eigenvalue weighted by Gasteiger charge is -2.08. The first-order valence-electron chi connectivity index (χ1n) is 7.46. The van der Waals surface area contributed by atoms with Gasteiger partial charge >= 0.3 is 0 Å². The zero-order chi connectivity index (χ0) is 15.7. The first-order chi connectivity index (χ1) is 10.6. The third-order valence-electron chi connectivity index (χ3n) is 3.65. The van der Waals surface area contributed by atoms with Gasteiger partial charge in [0.2, 0.25) is 0 Å². The normalized spacial score (nSPS) is 11.5. The molecule has 0 bridgehead atoms. The lowest BCUT2D eigenvalue weighted by molar-refractivity contribution is 0.586. The second-order valence-corrected chi connectivity index (χ2v) is 5.75. The third kappa shape index (κ3) is 2.67. The maximum atomic E-state index is 12.3. The average Bonchev–Trinajstić information content (AvgIpc) is 2.82. The smallest absolute Gasteiger partial charge is 0.254 e. The SMILES string of the molecule is Cc1nn(-c2ccccc2)c2[nH]c(=O)c(CNC(C)C)cc12. The Morgan fingerprint density at radius 1 is 1.27 bits per heavy atom. The van der Waals surface area contributed by atoms with Crippen molar-refractivity contribution in [3.8, 4) is 5.69 Å². The summed E-state index contributed by atoms with van der Waals surface area (Å²) in [6.07, 6.45) is 0. The van der Waals surface area contributed by atoms with Crippen molar-refractivity contribution in [1.82, 2.24) is 20.1 Å². The molecule has 2 N–H and O–H groups in total. The molecule has 0 radical (unpaired) electrons. The number of benzene rings is 1. The maximum absolute atomic E-state index is 12.3. The number of aromatic amines is 1. The van der Waals surface area contributed by atoms with Gasteiger partial charge in [-0.3, -0.25) is 4.79 Å². The summed E-state index contributed by atoms with van der Waals surface area (Å²) in [6.45, 7) is 6.63. The van der Waals surface area contributed by atoms with Crippen LogP contribution in [0.1, 0.15) is 25.1 Å². The minimum Gasteiger partial charge on any atom is -0.310 e. The molecular formula is C17H20N4O. The summed E-state index contributed by atoms with van der Waals surface area (Å²) in [7, 11) is 0. The number of hydrogen-bond acceptors (Lipinski definition) is 3. The standard InChI is InChI=1S/C17H20N4O/c1-11(2)18-10-13-9-15-12(3)20-21(16(15)19-17(13)22)14-7-5-4-6-8-14/h4-9,11,18H,10H2,1-3H3,(H,19,22). The second-order valence-electron chi connectivity index (χ2n) is 5.75. The predicted octanol–water partition coefficient (Wildman–Crippen LogP) is 2.52. The van der Waals surface area contributed by atoms with Crippen LogP contribution in [-0.2, 0) is 6.54 Å². The van der Waals surface area contributed by atoms with Crippen LogP contribution in [0.15, 0.2) is 41.2 Å². The lowest BCUT2D eigenvalue weighted by Crippen LogP contribution is -2.26. The van der Waals surface area contributed by atoms with Crippen molar-refractivity contribution >= 4 is 11.0 Å². The molecule has 0 spiro atoms. The number of aryl methyl sites for hydroxylation is 1. The molecule has 2 heterocycles. The van der Waals surface area contributed by atoms with Crippen LogP contribution in [0.25, 0.3) is 16.7 Å². The van der Waals surface area contributed by atoms with Crippen molar-refractivity contribution in [3.63, 3.8) is 0 Å². The highest BCUT2D eigenvalue weighted by molar-refractivity contribution is 5.80. The van der Waals surface area contributed by atoms with Gasteiger partial charge in [-0.15, -0.1) is 0 Å². The number of rotatable bonds is 4. The molecule has 2 aromatic heterocycles. The Labute approximate surface area is 129 Å². The number of hydrogen-bond donors (Lipinski definition) is 2. The van der Waals surface area contributed by atoms with Crippen LogP contribution in [-0.4, -0.2) is 20.8 Å². The van der Waals surface area contributed by atoms with E-state index in [1.165, 1.54) is 0 Å². The van der Waals surface area contributed by atoms with Gasteiger partial charge < -0.3 is 10.3 Å². The number of nitrogens with zero attached hydrogens (tertiary/aromatic N) is 2. The molecule has 0 saturated carbocycles. The second kappa shape index (κ2) is 5.77.